The third kappa shape index (κ3) is 4.01. The van der Waals surface area contributed by atoms with E-state index in [1.165, 1.54) is 6.07 Å². The number of nitrogen functional groups attached to an aromatic ring is 1. The number of anilines is 1. The summed E-state index contributed by atoms with van der Waals surface area (Å²) in [5, 5.41) is 19.9. The molecule has 1 heterocycles. The lowest BCUT2D eigenvalue weighted by Crippen LogP contribution is -2.40. The molecule has 1 amide bonds. The quantitative estimate of drug-likeness (QED) is 0.482. The Balaban J connectivity index is 2.19. The zero-order chi connectivity index (χ0) is 17.9. The number of aryl methyl sites for hydroxylation is 1. The van der Waals surface area contributed by atoms with Gasteiger partial charge < -0.3 is 15.7 Å². The zero-order valence-corrected chi connectivity index (χ0v) is 13.5. The summed E-state index contributed by atoms with van der Waals surface area (Å²) >= 11 is 0. The fraction of sp³-hybridized carbons (Fsp3) is 0.500. The number of benzene rings is 1. The summed E-state index contributed by atoms with van der Waals surface area (Å²) in [5.74, 6) is -1.06. The normalized spacial score (nSPS) is 17.5. The van der Waals surface area contributed by atoms with E-state index in [0.717, 1.165) is 12.8 Å². The number of nitro benzene ring substituents is 1. The third-order valence-electron chi connectivity index (χ3n) is 4.30. The number of carbonyl (C=O) groups is 2. The average Bonchev–Trinajstić information content (AvgIpc) is 2.54. The van der Waals surface area contributed by atoms with Crippen LogP contribution in [0.4, 0.5) is 11.4 Å². The summed E-state index contributed by atoms with van der Waals surface area (Å²) in [6, 6.07) is 2.91. The molecule has 3 N–H and O–H groups in total. The molecular formula is C16H21N3O5. The molecule has 0 aliphatic carbocycles. The van der Waals surface area contributed by atoms with Crippen LogP contribution in [0.15, 0.2) is 12.1 Å². The maximum atomic E-state index is 12.7. The van der Waals surface area contributed by atoms with Crippen molar-refractivity contribution >= 4 is 23.3 Å². The van der Waals surface area contributed by atoms with Crippen LogP contribution in [0, 0.1) is 23.0 Å². The third-order valence-corrected chi connectivity index (χ3v) is 4.30. The van der Waals surface area contributed by atoms with Gasteiger partial charge in [-0.25, -0.2) is 0 Å². The van der Waals surface area contributed by atoms with Crippen molar-refractivity contribution in [3.05, 3.63) is 33.4 Å². The first-order chi connectivity index (χ1) is 11.3. The van der Waals surface area contributed by atoms with Crippen molar-refractivity contribution in [2.24, 2.45) is 5.92 Å². The maximum absolute atomic E-state index is 12.7. The Labute approximate surface area is 139 Å². The molecular weight excluding hydrogens is 314 g/mol. The number of amides is 1. The van der Waals surface area contributed by atoms with E-state index in [9.17, 15) is 19.7 Å². The van der Waals surface area contributed by atoms with Crippen molar-refractivity contribution in [1.82, 2.24) is 4.90 Å². The van der Waals surface area contributed by atoms with Gasteiger partial charge in [0.1, 0.15) is 5.69 Å². The number of aliphatic carboxylic acids is 1. The molecule has 2 rings (SSSR count). The molecule has 8 nitrogen and oxygen atoms in total. The fourth-order valence-corrected chi connectivity index (χ4v) is 3.09. The fourth-order valence-electron chi connectivity index (χ4n) is 3.09. The molecule has 1 aromatic carbocycles. The number of hydrogen-bond acceptors (Lipinski definition) is 5. The van der Waals surface area contributed by atoms with Gasteiger partial charge in [-0.05, 0) is 43.7 Å². The van der Waals surface area contributed by atoms with Gasteiger partial charge in [0.25, 0.3) is 11.6 Å². The molecule has 1 aliphatic heterocycles. The van der Waals surface area contributed by atoms with Gasteiger partial charge in [-0.3, -0.25) is 19.7 Å². The van der Waals surface area contributed by atoms with Crippen LogP contribution in [0.1, 0.15) is 41.6 Å². The monoisotopic (exact) mass is 335 g/mol. The second kappa shape index (κ2) is 7.29. The molecule has 0 bridgehead atoms. The standard InChI is InChI=1S/C16H21N3O5/c1-10-7-12(15(17)13(8-10)19(23)24)16(22)18-6-2-3-11(9-18)4-5-14(20)21/h7-8,11H,2-6,9,17H2,1H3,(H,20,21). The largest absolute Gasteiger partial charge is 0.481 e. The van der Waals surface area contributed by atoms with Gasteiger partial charge in [0.15, 0.2) is 0 Å². The number of piperidine rings is 1. The Bertz CT molecular complexity index is 674. The summed E-state index contributed by atoms with van der Waals surface area (Å²) in [6.45, 7) is 2.67. The Morgan fingerprint density at radius 1 is 1.46 bits per heavy atom. The Kier molecular flexibility index (Phi) is 5.38. The van der Waals surface area contributed by atoms with Crippen LogP contribution in [0.3, 0.4) is 0 Å². The molecule has 24 heavy (non-hydrogen) atoms. The second-order valence-corrected chi connectivity index (χ2v) is 6.19. The number of carbonyl (C=O) groups excluding carboxylic acids is 1. The predicted molar refractivity (Wildman–Crippen MR) is 87.7 cm³/mol. The topological polar surface area (TPSA) is 127 Å². The molecule has 8 heteroatoms. The van der Waals surface area contributed by atoms with E-state index in [0.29, 0.717) is 25.1 Å². The van der Waals surface area contributed by atoms with Gasteiger partial charge >= 0.3 is 5.97 Å². The molecule has 0 aromatic heterocycles. The first-order valence-corrected chi connectivity index (χ1v) is 7.85. The molecule has 1 unspecified atom stereocenters. The van der Waals surface area contributed by atoms with Crippen molar-refractivity contribution in [3.8, 4) is 0 Å². The van der Waals surface area contributed by atoms with Gasteiger partial charge in [-0.2, -0.15) is 0 Å². The van der Waals surface area contributed by atoms with Crippen LogP contribution in [0.5, 0.6) is 0 Å². The molecule has 1 atom stereocenters. The van der Waals surface area contributed by atoms with E-state index < -0.39 is 10.9 Å². The number of carboxylic acids is 1. The van der Waals surface area contributed by atoms with Crippen molar-refractivity contribution in [1.29, 1.82) is 0 Å². The number of nitrogens with zero attached hydrogens (tertiary/aromatic N) is 2. The number of hydrogen-bond donors (Lipinski definition) is 2. The summed E-state index contributed by atoms with van der Waals surface area (Å²) in [6.07, 6.45) is 2.25. The van der Waals surface area contributed by atoms with E-state index >= 15 is 0 Å². The van der Waals surface area contributed by atoms with Gasteiger partial charge in [0.05, 0.1) is 10.5 Å². The molecule has 1 aromatic rings. The summed E-state index contributed by atoms with van der Waals surface area (Å²) in [5.41, 5.74) is 6.17. The van der Waals surface area contributed by atoms with Crippen LogP contribution < -0.4 is 5.73 Å². The minimum atomic E-state index is -0.850. The molecule has 1 saturated heterocycles. The van der Waals surface area contributed by atoms with Crippen LogP contribution in [0.25, 0.3) is 0 Å². The summed E-state index contributed by atoms with van der Waals surface area (Å²) in [7, 11) is 0. The van der Waals surface area contributed by atoms with Crippen molar-refractivity contribution in [2.75, 3.05) is 18.8 Å². The van der Waals surface area contributed by atoms with Crippen molar-refractivity contribution in [3.63, 3.8) is 0 Å². The highest BCUT2D eigenvalue weighted by molar-refractivity contribution is 6.01. The molecule has 1 fully saturated rings. The van der Waals surface area contributed by atoms with Gasteiger partial charge in [0, 0.05) is 25.6 Å². The number of likely N-dealkylation sites (tertiary alicyclic amines) is 1. The van der Waals surface area contributed by atoms with E-state index in [-0.39, 0.29) is 35.2 Å². The SMILES string of the molecule is Cc1cc(C(=O)N2CCCC(CCC(=O)O)C2)c(N)c([N+](=O)[O-])c1. The number of rotatable bonds is 5. The number of nitrogens with two attached hydrogens (primary N) is 1. The first kappa shape index (κ1) is 17.7. The van der Waals surface area contributed by atoms with Gasteiger partial charge in [0.2, 0.25) is 0 Å². The smallest absolute Gasteiger partial charge is 0.303 e. The average molecular weight is 335 g/mol. The summed E-state index contributed by atoms with van der Waals surface area (Å²) in [4.78, 5) is 35.5. The van der Waals surface area contributed by atoms with E-state index in [4.69, 9.17) is 10.8 Å². The zero-order valence-electron chi connectivity index (χ0n) is 13.5. The highest BCUT2D eigenvalue weighted by Gasteiger charge is 2.28. The Morgan fingerprint density at radius 2 is 2.17 bits per heavy atom. The molecule has 0 radical (unpaired) electrons. The van der Waals surface area contributed by atoms with Crippen molar-refractivity contribution in [2.45, 2.75) is 32.6 Å². The Morgan fingerprint density at radius 3 is 2.79 bits per heavy atom. The van der Waals surface area contributed by atoms with Crippen LogP contribution in [0.2, 0.25) is 0 Å². The molecule has 1 aliphatic rings. The summed E-state index contributed by atoms with van der Waals surface area (Å²) < 4.78 is 0. The van der Waals surface area contributed by atoms with Crippen LogP contribution in [-0.2, 0) is 4.79 Å². The number of nitro groups is 1. The maximum Gasteiger partial charge on any atom is 0.303 e. The van der Waals surface area contributed by atoms with Crippen molar-refractivity contribution < 1.29 is 19.6 Å². The van der Waals surface area contributed by atoms with E-state index in [2.05, 4.69) is 0 Å². The lowest BCUT2D eigenvalue weighted by atomic mass is 9.92. The first-order valence-electron chi connectivity index (χ1n) is 7.85. The predicted octanol–water partition coefficient (Wildman–Crippen LogP) is 2.20. The van der Waals surface area contributed by atoms with E-state index in [1.54, 1.807) is 17.9 Å². The van der Waals surface area contributed by atoms with Crippen LogP contribution >= 0.6 is 0 Å². The molecule has 0 spiro atoms. The van der Waals surface area contributed by atoms with Gasteiger partial charge in [-0.1, -0.05) is 0 Å². The highest BCUT2D eigenvalue weighted by atomic mass is 16.6. The lowest BCUT2D eigenvalue weighted by Gasteiger charge is -2.33. The number of carboxylic acid groups (broad SMARTS) is 1. The second-order valence-electron chi connectivity index (χ2n) is 6.19. The highest BCUT2D eigenvalue weighted by Crippen LogP contribution is 2.30. The minimum Gasteiger partial charge on any atom is -0.481 e. The molecule has 130 valence electrons. The van der Waals surface area contributed by atoms with E-state index in [1.807, 2.05) is 0 Å². The van der Waals surface area contributed by atoms with Crippen LogP contribution in [-0.4, -0.2) is 39.9 Å². The Hall–Kier alpha value is -2.64. The lowest BCUT2D eigenvalue weighted by molar-refractivity contribution is -0.384. The molecule has 0 saturated carbocycles. The van der Waals surface area contributed by atoms with Gasteiger partial charge in [-0.15, -0.1) is 0 Å². The minimum absolute atomic E-state index is 0.0742.